The predicted octanol–water partition coefficient (Wildman–Crippen LogP) is 3.32. The predicted molar refractivity (Wildman–Crippen MR) is 57.2 cm³/mol. The molecule has 0 unspecified atom stereocenters. The minimum atomic E-state index is -0.626. The lowest BCUT2D eigenvalue weighted by molar-refractivity contribution is 0.0600. The summed E-state index contributed by atoms with van der Waals surface area (Å²) in [4.78, 5) is 3.25. The fraction of sp³-hybridized carbons (Fsp3) is 0.500. The summed E-state index contributed by atoms with van der Waals surface area (Å²) in [6.07, 6.45) is -0.626. The van der Waals surface area contributed by atoms with Gasteiger partial charge < -0.3 is 0 Å². The molecule has 0 atom stereocenters. The Hall–Kier alpha value is 0.360. The molecule has 72 valence electrons. The van der Waals surface area contributed by atoms with Crippen molar-refractivity contribution >= 4 is 38.9 Å². The Morgan fingerprint density at radius 3 is 2.85 bits per heavy atom. The topological polar surface area (TPSA) is 3.24 Å². The largest absolute Gasteiger partial charge is 0.292 e. The third kappa shape index (κ3) is 2.24. The third-order valence-corrected chi connectivity index (χ3v) is 4.45. The molecule has 0 spiro atoms. The maximum Gasteiger partial charge on any atom is 0.125 e. The zero-order valence-electron chi connectivity index (χ0n) is 6.77. The van der Waals surface area contributed by atoms with Gasteiger partial charge in [-0.3, -0.25) is 4.90 Å². The van der Waals surface area contributed by atoms with Gasteiger partial charge in [0, 0.05) is 29.0 Å². The van der Waals surface area contributed by atoms with Crippen LogP contribution in [0.1, 0.15) is 4.88 Å². The summed E-state index contributed by atoms with van der Waals surface area (Å²) in [5.74, 6) is 0. The van der Waals surface area contributed by atoms with E-state index in [0.717, 1.165) is 15.4 Å². The third-order valence-electron chi connectivity index (χ3n) is 1.99. The SMILES string of the molecule is FC1CN(Cc2cc(Br)c(Cl)s2)C1. The second-order valence-corrected chi connectivity index (χ2v) is 5.72. The van der Waals surface area contributed by atoms with E-state index >= 15 is 0 Å². The Balaban J connectivity index is 1.95. The highest BCUT2D eigenvalue weighted by atomic mass is 79.9. The summed E-state index contributed by atoms with van der Waals surface area (Å²) in [6.45, 7) is 1.94. The first-order valence-corrected chi connectivity index (χ1v) is 5.94. The molecule has 5 heteroatoms. The average Bonchev–Trinajstić information content (AvgIpc) is 2.28. The Labute approximate surface area is 93.6 Å². The zero-order chi connectivity index (χ0) is 9.42. The lowest BCUT2D eigenvalue weighted by Gasteiger charge is -2.33. The van der Waals surface area contributed by atoms with E-state index in [9.17, 15) is 4.39 Å². The van der Waals surface area contributed by atoms with Gasteiger partial charge >= 0.3 is 0 Å². The number of nitrogens with zero attached hydrogens (tertiary/aromatic N) is 1. The van der Waals surface area contributed by atoms with E-state index in [0.29, 0.717) is 13.1 Å². The first kappa shape index (κ1) is 9.90. The van der Waals surface area contributed by atoms with Crippen molar-refractivity contribution in [2.75, 3.05) is 13.1 Å². The number of alkyl halides is 1. The van der Waals surface area contributed by atoms with Crippen molar-refractivity contribution in [2.45, 2.75) is 12.7 Å². The van der Waals surface area contributed by atoms with Crippen LogP contribution in [0.25, 0.3) is 0 Å². The molecule has 1 nitrogen and oxygen atoms in total. The Morgan fingerprint density at radius 2 is 2.38 bits per heavy atom. The van der Waals surface area contributed by atoms with Crippen molar-refractivity contribution < 1.29 is 4.39 Å². The number of rotatable bonds is 2. The second kappa shape index (κ2) is 3.85. The maximum atomic E-state index is 12.5. The van der Waals surface area contributed by atoms with E-state index < -0.39 is 6.17 Å². The van der Waals surface area contributed by atoms with Crippen LogP contribution in [-0.2, 0) is 6.54 Å². The van der Waals surface area contributed by atoms with Crippen molar-refractivity contribution in [2.24, 2.45) is 0 Å². The van der Waals surface area contributed by atoms with Crippen LogP contribution in [0.5, 0.6) is 0 Å². The molecule has 2 rings (SSSR count). The molecular formula is C8H8BrClFNS. The summed E-state index contributed by atoms with van der Waals surface area (Å²) in [6, 6.07) is 2.00. The second-order valence-electron chi connectivity index (χ2n) is 3.13. The lowest BCUT2D eigenvalue weighted by Crippen LogP contribution is -2.47. The highest BCUT2D eigenvalue weighted by molar-refractivity contribution is 9.10. The zero-order valence-corrected chi connectivity index (χ0v) is 9.92. The molecule has 1 aromatic rings. The molecule has 0 radical (unpaired) electrons. The summed E-state index contributed by atoms with van der Waals surface area (Å²) in [5.41, 5.74) is 0. The highest BCUT2D eigenvalue weighted by Gasteiger charge is 2.26. The molecular weight excluding hydrogens is 277 g/mol. The van der Waals surface area contributed by atoms with Gasteiger partial charge in [-0.2, -0.15) is 0 Å². The van der Waals surface area contributed by atoms with Gasteiger partial charge in [-0.15, -0.1) is 11.3 Å². The van der Waals surface area contributed by atoms with E-state index in [1.165, 1.54) is 4.88 Å². The summed E-state index contributed by atoms with van der Waals surface area (Å²) in [5, 5.41) is 0. The van der Waals surface area contributed by atoms with E-state index in [1.807, 2.05) is 6.07 Å². The number of thiophene rings is 1. The van der Waals surface area contributed by atoms with E-state index in [2.05, 4.69) is 20.8 Å². The van der Waals surface area contributed by atoms with Crippen LogP contribution < -0.4 is 0 Å². The van der Waals surface area contributed by atoms with Crippen LogP contribution in [0, 0.1) is 0 Å². The quantitative estimate of drug-likeness (QED) is 0.805. The van der Waals surface area contributed by atoms with E-state index in [1.54, 1.807) is 11.3 Å². The van der Waals surface area contributed by atoms with Gasteiger partial charge in [-0.05, 0) is 22.0 Å². The minimum absolute atomic E-state index is 0.563. The number of halogens is 3. The highest BCUT2D eigenvalue weighted by Crippen LogP contribution is 2.33. The smallest absolute Gasteiger partial charge is 0.125 e. The molecule has 1 fully saturated rings. The van der Waals surface area contributed by atoms with Gasteiger partial charge in [0.25, 0.3) is 0 Å². The molecule has 0 aliphatic carbocycles. The molecule has 2 heterocycles. The molecule has 0 N–H and O–H groups in total. The molecule has 1 aliphatic rings. The van der Waals surface area contributed by atoms with Gasteiger partial charge in [0.1, 0.15) is 10.5 Å². The summed E-state index contributed by atoms with van der Waals surface area (Å²) >= 11 is 10.8. The van der Waals surface area contributed by atoms with Crippen LogP contribution in [0.3, 0.4) is 0 Å². The van der Waals surface area contributed by atoms with Crippen LogP contribution in [0.4, 0.5) is 4.39 Å². The van der Waals surface area contributed by atoms with Crippen LogP contribution in [-0.4, -0.2) is 24.2 Å². The Kier molecular flexibility index (Phi) is 2.93. The molecule has 13 heavy (non-hydrogen) atoms. The normalized spacial score (nSPS) is 19.0. The van der Waals surface area contributed by atoms with Crippen molar-refractivity contribution in [3.05, 3.63) is 19.8 Å². The van der Waals surface area contributed by atoms with Gasteiger partial charge in [0.2, 0.25) is 0 Å². The van der Waals surface area contributed by atoms with Gasteiger partial charge in [0.15, 0.2) is 0 Å². The van der Waals surface area contributed by atoms with E-state index in [-0.39, 0.29) is 0 Å². The van der Waals surface area contributed by atoms with Crippen LogP contribution in [0.15, 0.2) is 10.5 Å². The van der Waals surface area contributed by atoms with Crippen molar-refractivity contribution in [3.8, 4) is 0 Å². The Bertz CT molecular complexity index is 292. The molecule has 0 amide bonds. The molecule has 0 aromatic carbocycles. The molecule has 1 aromatic heterocycles. The first-order chi connectivity index (χ1) is 6.15. The number of hydrogen-bond donors (Lipinski definition) is 0. The summed E-state index contributed by atoms with van der Waals surface area (Å²) in [7, 11) is 0. The Morgan fingerprint density at radius 1 is 1.69 bits per heavy atom. The van der Waals surface area contributed by atoms with Crippen molar-refractivity contribution in [1.29, 1.82) is 0 Å². The molecule has 0 saturated carbocycles. The fourth-order valence-electron chi connectivity index (χ4n) is 1.33. The first-order valence-electron chi connectivity index (χ1n) is 3.95. The lowest BCUT2D eigenvalue weighted by atomic mass is 10.2. The average molecular weight is 285 g/mol. The van der Waals surface area contributed by atoms with Crippen LogP contribution in [0.2, 0.25) is 4.34 Å². The molecule has 1 aliphatic heterocycles. The number of likely N-dealkylation sites (tertiary alicyclic amines) is 1. The molecule has 0 bridgehead atoms. The van der Waals surface area contributed by atoms with Crippen LogP contribution >= 0.6 is 38.9 Å². The van der Waals surface area contributed by atoms with Crippen molar-refractivity contribution in [3.63, 3.8) is 0 Å². The maximum absolute atomic E-state index is 12.5. The monoisotopic (exact) mass is 283 g/mol. The van der Waals surface area contributed by atoms with E-state index in [4.69, 9.17) is 11.6 Å². The van der Waals surface area contributed by atoms with Gasteiger partial charge in [-0.25, -0.2) is 4.39 Å². The van der Waals surface area contributed by atoms with Gasteiger partial charge in [-0.1, -0.05) is 11.6 Å². The minimum Gasteiger partial charge on any atom is -0.292 e. The summed E-state index contributed by atoms with van der Waals surface area (Å²) < 4.78 is 14.2. The van der Waals surface area contributed by atoms with Crippen molar-refractivity contribution in [1.82, 2.24) is 4.90 Å². The molecule has 1 saturated heterocycles. The standard InChI is InChI=1S/C8H8BrClFNS/c9-7-1-6(13-8(7)10)4-12-2-5(11)3-12/h1,5H,2-4H2. The fourth-order valence-corrected chi connectivity index (χ4v) is 3.16. The number of hydrogen-bond acceptors (Lipinski definition) is 2. The van der Waals surface area contributed by atoms with Gasteiger partial charge in [0.05, 0.1) is 0 Å².